The lowest BCUT2D eigenvalue weighted by Gasteiger charge is -2.12. The third-order valence-electron chi connectivity index (χ3n) is 2.75. The molecule has 0 fully saturated rings. The van der Waals surface area contributed by atoms with Gasteiger partial charge in [-0.3, -0.25) is 4.79 Å². The van der Waals surface area contributed by atoms with Crippen LogP contribution < -0.4 is 10.5 Å². The minimum Gasteiger partial charge on any atom is -0.449 e. The van der Waals surface area contributed by atoms with Crippen molar-refractivity contribution in [2.45, 2.75) is 17.9 Å². The molecule has 1 rings (SSSR count). The van der Waals surface area contributed by atoms with E-state index in [-0.39, 0.29) is 28.6 Å². The maximum Gasteiger partial charge on any atom is 0.340 e. The monoisotopic (exact) mass is 364 g/mol. The van der Waals surface area contributed by atoms with E-state index in [1.807, 2.05) is 0 Å². The number of methoxy groups -OCH3 is 1. The van der Waals surface area contributed by atoms with Gasteiger partial charge in [0.15, 0.2) is 6.10 Å². The molecule has 3 N–H and O–H groups in total. The molecule has 0 spiro atoms. The van der Waals surface area contributed by atoms with Crippen molar-refractivity contribution in [3.8, 4) is 0 Å². The molecule has 1 amide bonds. The number of carbonyl (C=O) groups is 2. The second-order valence-corrected chi connectivity index (χ2v) is 6.66. The van der Waals surface area contributed by atoms with E-state index in [0.717, 1.165) is 6.07 Å². The molecule has 1 aromatic rings. The Morgan fingerprint density at radius 2 is 2.04 bits per heavy atom. The second kappa shape index (κ2) is 8.25. The zero-order valence-electron chi connectivity index (χ0n) is 12.5. The number of rotatable bonds is 8. The van der Waals surface area contributed by atoms with Crippen molar-refractivity contribution in [1.82, 2.24) is 4.72 Å². The number of esters is 1. The van der Waals surface area contributed by atoms with Crippen LogP contribution in [0.25, 0.3) is 0 Å². The molecule has 0 saturated carbocycles. The van der Waals surface area contributed by atoms with Crippen molar-refractivity contribution in [2.24, 2.45) is 5.73 Å². The Kier molecular flexibility index (Phi) is 6.95. The van der Waals surface area contributed by atoms with Gasteiger partial charge in [-0.15, -0.1) is 0 Å². The summed E-state index contributed by atoms with van der Waals surface area (Å²) >= 11 is 5.88. The zero-order chi connectivity index (χ0) is 17.6. The largest absolute Gasteiger partial charge is 0.449 e. The summed E-state index contributed by atoms with van der Waals surface area (Å²) in [5.74, 6) is -1.78. The van der Waals surface area contributed by atoms with Crippen molar-refractivity contribution in [3.05, 3.63) is 28.8 Å². The Bertz CT molecular complexity index is 692. The lowest BCUT2D eigenvalue weighted by Crippen LogP contribution is -2.30. The fraction of sp³-hybridized carbons (Fsp3) is 0.385. The maximum absolute atomic E-state index is 12.1. The van der Waals surface area contributed by atoms with Crippen LogP contribution in [0.15, 0.2) is 23.1 Å². The molecule has 0 aliphatic heterocycles. The van der Waals surface area contributed by atoms with Gasteiger partial charge in [-0.1, -0.05) is 11.6 Å². The van der Waals surface area contributed by atoms with Gasteiger partial charge >= 0.3 is 5.97 Å². The van der Waals surface area contributed by atoms with Crippen molar-refractivity contribution >= 4 is 33.5 Å². The summed E-state index contributed by atoms with van der Waals surface area (Å²) in [4.78, 5) is 22.7. The molecule has 0 heterocycles. The summed E-state index contributed by atoms with van der Waals surface area (Å²) in [5, 5.41) is -0.0116. The Morgan fingerprint density at radius 3 is 2.61 bits per heavy atom. The van der Waals surface area contributed by atoms with Crippen LogP contribution in [0.4, 0.5) is 0 Å². The van der Waals surface area contributed by atoms with Gasteiger partial charge in [0.2, 0.25) is 10.0 Å². The predicted molar refractivity (Wildman–Crippen MR) is 82.6 cm³/mol. The number of benzene rings is 1. The summed E-state index contributed by atoms with van der Waals surface area (Å²) in [6, 6.07) is 3.55. The molecule has 10 heteroatoms. The lowest BCUT2D eigenvalue weighted by atomic mass is 10.2. The van der Waals surface area contributed by atoms with E-state index in [4.69, 9.17) is 26.8 Å². The average Bonchev–Trinajstić information content (AvgIpc) is 2.47. The molecule has 128 valence electrons. The third-order valence-corrected chi connectivity index (χ3v) is 4.54. The van der Waals surface area contributed by atoms with Gasteiger partial charge in [0.1, 0.15) is 0 Å². The van der Waals surface area contributed by atoms with E-state index in [0.29, 0.717) is 0 Å². The third kappa shape index (κ3) is 5.47. The summed E-state index contributed by atoms with van der Waals surface area (Å²) < 4.78 is 36.0. The quantitative estimate of drug-likeness (QED) is 0.504. The highest BCUT2D eigenvalue weighted by Gasteiger charge is 2.22. The fourth-order valence-corrected chi connectivity index (χ4v) is 2.71. The number of carbonyl (C=O) groups excluding carboxylic acids is 2. The molecule has 0 aliphatic rings. The van der Waals surface area contributed by atoms with Gasteiger partial charge < -0.3 is 15.2 Å². The Balaban J connectivity index is 3.03. The van der Waals surface area contributed by atoms with E-state index < -0.39 is 28.0 Å². The van der Waals surface area contributed by atoms with E-state index >= 15 is 0 Å². The Labute approximate surface area is 138 Å². The molecule has 0 aromatic heterocycles. The van der Waals surface area contributed by atoms with Crippen LogP contribution in [0.5, 0.6) is 0 Å². The first kappa shape index (κ1) is 19.4. The SMILES string of the molecule is COCCNS(=O)(=O)c1ccc(Cl)c(C(=O)O[C@@H](C)C(N)=O)c1. The van der Waals surface area contributed by atoms with Gasteiger partial charge in [0, 0.05) is 13.7 Å². The van der Waals surface area contributed by atoms with Gasteiger partial charge in [-0.05, 0) is 25.1 Å². The molecular formula is C13H17ClN2O6S. The number of amides is 1. The highest BCUT2D eigenvalue weighted by atomic mass is 35.5. The Hall–Kier alpha value is -1.68. The predicted octanol–water partition coefficient (Wildman–Crippen LogP) is 0.295. The molecule has 1 aromatic carbocycles. The standard InChI is InChI=1S/C13H17ClN2O6S/c1-8(12(15)17)22-13(18)10-7-9(3-4-11(10)14)23(19,20)16-5-6-21-2/h3-4,7-8,16H,5-6H2,1-2H3,(H2,15,17)/t8-/m0/s1. The summed E-state index contributed by atoms with van der Waals surface area (Å²) in [6.45, 7) is 1.55. The lowest BCUT2D eigenvalue weighted by molar-refractivity contribution is -0.125. The van der Waals surface area contributed by atoms with E-state index in [1.165, 1.54) is 26.2 Å². The number of ether oxygens (including phenoxy) is 2. The van der Waals surface area contributed by atoms with E-state index in [1.54, 1.807) is 0 Å². The van der Waals surface area contributed by atoms with Crippen LogP contribution in [0.1, 0.15) is 17.3 Å². The van der Waals surface area contributed by atoms with Crippen LogP contribution in [0.2, 0.25) is 5.02 Å². The second-order valence-electron chi connectivity index (χ2n) is 4.48. The summed E-state index contributed by atoms with van der Waals surface area (Å²) in [6.07, 6.45) is -1.17. The van der Waals surface area contributed by atoms with Crippen molar-refractivity contribution in [2.75, 3.05) is 20.3 Å². The number of primary amides is 1. The first-order valence-electron chi connectivity index (χ1n) is 6.47. The number of hydrogen-bond donors (Lipinski definition) is 2. The molecule has 1 atom stereocenters. The van der Waals surface area contributed by atoms with Crippen molar-refractivity contribution in [3.63, 3.8) is 0 Å². The van der Waals surface area contributed by atoms with Gasteiger partial charge in [0.25, 0.3) is 5.91 Å². The molecule has 0 unspecified atom stereocenters. The van der Waals surface area contributed by atoms with E-state index in [9.17, 15) is 18.0 Å². The highest BCUT2D eigenvalue weighted by Crippen LogP contribution is 2.21. The molecular weight excluding hydrogens is 348 g/mol. The summed E-state index contributed by atoms with van der Waals surface area (Å²) in [5.41, 5.74) is 4.81. The van der Waals surface area contributed by atoms with Crippen LogP contribution in [0, 0.1) is 0 Å². The first-order chi connectivity index (χ1) is 10.7. The minimum absolute atomic E-state index is 0.0116. The van der Waals surface area contributed by atoms with Crippen molar-refractivity contribution in [1.29, 1.82) is 0 Å². The van der Waals surface area contributed by atoms with Gasteiger partial charge in [-0.25, -0.2) is 17.9 Å². The highest BCUT2D eigenvalue weighted by molar-refractivity contribution is 7.89. The summed E-state index contributed by atoms with van der Waals surface area (Å²) in [7, 11) is -2.40. The van der Waals surface area contributed by atoms with Crippen molar-refractivity contribution < 1.29 is 27.5 Å². The number of halogens is 1. The van der Waals surface area contributed by atoms with Crippen LogP contribution >= 0.6 is 11.6 Å². The molecule has 0 aliphatic carbocycles. The smallest absolute Gasteiger partial charge is 0.340 e. The normalized spacial score (nSPS) is 12.7. The first-order valence-corrected chi connectivity index (χ1v) is 8.33. The molecule has 8 nitrogen and oxygen atoms in total. The molecule has 23 heavy (non-hydrogen) atoms. The van der Waals surface area contributed by atoms with Crippen LogP contribution in [-0.2, 0) is 24.3 Å². The van der Waals surface area contributed by atoms with Gasteiger partial charge in [-0.2, -0.15) is 0 Å². The number of nitrogens with two attached hydrogens (primary N) is 1. The van der Waals surface area contributed by atoms with E-state index in [2.05, 4.69) is 4.72 Å². The van der Waals surface area contributed by atoms with Crippen LogP contribution in [0.3, 0.4) is 0 Å². The molecule has 0 saturated heterocycles. The van der Waals surface area contributed by atoms with Crippen LogP contribution in [-0.4, -0.2) is 46.7 Å². The number of sulfonamides is 1. The number of nitrogens with one attached hydrogen (secondary N) is 1. The minimum atomic E-state index is -3.84. The molecule has 0 bridgehead atoms. The molecule has 0 radical (unpaired) electrons. The Morgan fingerprint density at radius 1 is 1.39 bits per heavy atom. The van der Waals surface area contributed by atoms with Gasteiger partial charge in [0.05, 0.1) is 22.1 Å². The average molecular weight is 365 g/mol. The maximum atomic E-state index is 12.1. The number of hydrogen-bond acceptors (Lipinski definition) is 6. The zero-order valence-corrected chi connectivity index (χ0v) is 14.1. The fourth-order valence-electron chi connectivity index (χ4n) is 1.47. The topological polar surface area (TPSA) is 125 Å².